The zero-order valence-corrected chi connectivity index (χ0v) is 14.8. The molecule has 2 aromatic heterocycles. The van der Waals surface area contributed by atoms with E-state index >= 15 is 0 Å². The summed E-state index contributed by atoms with van der Waals surface area (Å²) < 4.78 is 1.63. The van der Waals surface area contributed by atoms with Crippen LogP contribution in [0.25, 0.3) is 11.0 Å². The van der Waals surface area contributed by atoms with Crippen molar-refractivity contribution in [2.45, 2.75) is 33.4 Å². The summed E-state index contributed by atoms with van der Waals surface area (Å²) in [5, 5.41) is 4.62. The van der Waals surface area contributed by atoms with Crippen LogP contribution >= 0.6 is 0 Å². The molecule has 0 amide bonds. The maximum atomic E-state index is 12.2. The van der Waals surface area contributed by atoms with Crippen LogP contribution in [0.1, 0.15) is 35.5 Å². The number of aromatic amines is 1. The van der Waals surface area contributed by atoms with Gasteiger partial charge in [0.15, 0.2) is 5.65 Å². The Morgan fingerprint density at radius 1 is 1.33 bits per heavy atom. The fourth-order valence-corrected chi connectivity index (χ4v) is 3.06. The zero-order valence-electron chi connectivity index (χ0n) is 14.8. The summed E-state index contributed by atoms with van der Waals surface area (Å²) in [7, 11) is 3.83. The lowest BCUT2D eigenvalue weighted by molar-refractivity contribution is 0.246. The fourth-order valence-electron chi connectivity index (χ4n) is 3.06. The van der Waals surface area contributed by atoms with Crippen LogP contribution in [0.15, 0.2) is 29.2 Å². The lowest BCUT2D eigenvalue weighted by Crippen LogP contribution is -2.25. The van der Waals surface area contributed by atoms with Gasteiger partial charge in [0.2, 0.25) is 0 Å². The predicted octanol–water partition coefficient (Wildman–Crippen LogP) is 2.47. The Bertz CT molecular complexity index is 940. The molecule has 0 fully saturated rings. The number of aromatic nitrogens is 4. The van der Waals surface area contributed by atoms with Gasteiger partial charge in [0.25, 0.3) is 5.56 Å². The van der Waals surface area contributed by atoms with E-state index in [0.29, 0.717) is 23.4 Å². The monoisotopic (exact) mass is 325 g/mol. The molecular formula is C18H23N5O. The highest BCUT2D eigenvalue weighted by Crippen LogP contribution is 2.24. The van der Waals surface area contributed by atoms with Crippen molar-refractivity contribution in [1.82, 2.24) is 24.6 Å². The summed E-state index contributed by atoms with van der Waals surface area (Å²) in [5.41, 5.74) is 4.29. The molecule has 24 heavy (non-hydrogen) atoms. The van der Waals surface area contributed by atoms with Crippen molar-refractivity contribution < 1.29 is 0 Å². The van der Waals surface area contributed by atoms with Crippen molar-refractivity contribution in [1.29, 1.82) is 0 Å². The van der Waals surface area contributed by atoms with Crippen LogP contribution < -0.4 is 5.56 Å². The molecule has 0 saturated carbocycles. The molecule has 3 aromatic rings. The lowest BCUT2D eigenvalue weighted by Gasteiger charge is -2.26. The van der Waals surface area contributed by atoms with E-state index in [1.165, 1.54) is 16.7 Å². The Labute approximate surface area is 141 Å². The average molecular weight is 325 g/mol. The van der Waals surface area contributed by atoms with Gasteiger partial charge in [-0.3, -0.25) is 14.4 Å². The van der Waals surface area contributed by atoms with Crippen molar-refractivity contribution in [3.05, 3.63) is 57.3 Å². The third-order valence-electron chi connectivity index (χ3n) is 4.59. The van der Waals surface area contributed by atoms with Gasteiger partial charge in [-0.05, 0) is 38.9 Å². The van der Waals surface area contributed by atoms with E-state index in [-0.39, 0.29) is 11.6 Å². The minimum absolute atomic E-state index is 0.143. The maximum absolute atomic E-state index is 12.2. The molecule has 1 atom stereocenters. The number of hydrogen-bond donors (Lipinski definition) is 1. The second-order valence-electron chi connectivity index (χ2n) is 6.47. The van der Waals surface area contributed by atoms with E-state index < -0.39 is 0 Å². The van der Waals surface area contributed by atoms with Gasteiger partial charge in [-0.1, -0.05) is 23.8 Å². The average Bonchev–Trinajstić information content (AvgIpc) is 2.88. The van der Waals surface area contributed by atoms with E-state index in [0.717, 1.165) is 0 Å². The Balaban J connectivity index is 1.87. The summed E-state index contributed by atoms with van der Waals surface area (Å²) in [6, 6.07) is 6.72. The van der Waals surface area contributed by atoms with E-state index in [2.05, 4.69) is 58.9 Å². The van der Waals surface area contributed by atoms with Gasteiger partial charge in [0, 0.05) is 13.1 Å². The van der Waals surface area contributed by atoms with E-state index in [9.17, 15) is 4.79 Å². The van der Waals surface area contributed by atoms with E-state index in [4.69, 9.17) is 0 Å². The first kappa shape index (κ1) is 16.4. The summed E-state index contributed by atoms with van der Waals surface area (Å²) in [5.74, 6) is 0.648. The van der Waals surface area contributed by atoms with E-state index in [1.807, 2.05) is 7.05 Å². The van der Waals surface area contributed by atoms with Crippen LogP contribution in [-0.2, 0) is 13.6 Å². The molecule has 0 aliphatic carbocycles. The number of nitrogens with one attached hydrogen (secondary N) is 1. The number of H-pyrrole nitrogens is 1. The lowest BCUT2D eigenvalue weighted by atomic mass is 9.99. The van der Waals surface area contributed by atoms with Gasteiger partial charge < -0.3 is 4.98 Å². The van der Waals surface area contributed by atoms with Crippen molar-refractivity contribution in [3.63, 3.8) is 0 Å². The molecule has 3 rings (SSSR count). The molecule has 2 heterocycles. The van der Waals surface area contributed by atoms with Crippen molar-refractivity contribution in [3.8, 4) is 0 Å². The molecule has 126 valence electrons. The largest absolute Gasteiger partial charge is 0.309 e. The minimum atomic E-state index is -0.143. The highest BCUT2D eigenvalue weighted by molar-refractivity contribution is 5.72. The molecule has 1 aromatic carbocycles. The number of benzene rings is 1. The maximum Gasteiger partial charge on any atom is 0.262 e. The highest BCUT2D eigenvalue weighted by atomic mass is 16.1. The molecule has 0 aliphatic rings. The van der Waals surface area contributed by atoms with Gasteiger partial charge in [-0.2, -0.15) is 5.10 Å². The second-order valence-corrected chi connectivity index (χ2v) is 6.47. The van der Waals surface area contributed by atoms with Crippen LogP contribution in [-0.4, -0.2) is 31.7 Å². The molecule has 0 spiro atoms. The molecule has 6 nitrogen and oxygen atoms in total. The van der Waals surface area contributed by atoms with Gasteiger partial charge in [0.1, 0.15) is 11.2 Å². The zero-order chi connectivity index (χ0) is 17.4. The molecule has 0 unspecified atom stereocenters. The number of rotatable bonds is 4. The fraction of sp³-hybridized carbons (Fsp3) is 0.389. The normalized spacial score (nSPS) is 12.9. The number of fused-ring (bicyclic) bond motifs is 1. The van der Waals surface area contributed by atoms with Crippen molar-refractivity contribution >= 4 is 11.0 Å². The number of hydrogen-bond acceptors (Lipinski definition) is 4. The quantitative estimate of drug-likeness (QED) is 0.800. The van der Waals surface area contributed by atoms with Gasteiger partial charge in [-0.25, -0.2) is 4.98 Å². The standard InChI is InChI=1S/C18H23N5O/c1-11-6-7-14(12(2)8-11)13(3)22(4)10-16-20-17-15(18(24)21-16)9-19-23(17)5/h6-9,13H,10H2,1-5H3,(H,20,21,24)/t13-/m0/s1. The highest BCUT2D eigenvalue weighted by Gasteiger charge is 2.16. The van der Waals surface area contributed by atoms with Gasteiger partial charge in [-0.15, -0.1) is 0 Å². The van der Waals surface area contributed by atoms with Gasteiger partial charge in [0.05, 0.1) is 12.7 Å². The third-order valence-corrected chi connectivity index (χ3v) is 4.59. The number of aryl methyl sites for hydroxylation is 3. The molecular weight excluding hydrogens is 302 g/mol. The SMILES string of the molecule is Cc1ccc([C@H](C)N(C)Cc2nc3c(cnn3C)c(=O)[nH]2)c(C)c1. The summed E-state index contributed by atoms with van der Waals surface area (Å²) in [6.45, 7) is 6.96. The molecule has 1 N–H and O–H groups in total. The molecule has 0 radical (unpaired) electrons. The molecule has 6 heteroatoms. The van der Waals surface area contributed by atoms with Crippen LogP contribution in [0.4, 0.5) is 0 Å². The molecule has 0 saturated heterocycles. The van der Waals surface area contributed by atoms with Crippen LogP contribution in [0.3, 0.4) is 0 Å². The minimum Gasteiger partial charge on any atom is -0.309 e. The Morgan fingerprint density at radius 2 is 2.08 bits per heavy atom. The summed E-state index contributed by atoms with van der Waals surface area (Å²) >= 11 is 0. The molecule has 0 bridgehead atoms. The predicted molar refractivity (Wildman–Crippen MR) is 94.9 cm³/mol. The first-order valence-corrected chi connectivity index (χ1v) is 8.05. The first-order chi connectivity index (χ1) is 11.4. The third kappa shape index (κ3) is 2.97. The summed E-state index contributed by atoms with van der Waals surface area (Å²) in [6.07, 6.45) is 1.55. The molecule has 0 aliphatic heterocycles. The Morgan fingerprint density at radius 3 is 2.79 bits per heavy atom. The first-order valence-electron chi connectivity index (χ1n) is 8.05. The van der Waals surface area contributed by atoms with E-state index in [1.54, 1.807) is 17.9 Å². The van der Waals surface area contributed by atoms with Crippen molar-refractivity contribution in [2.24, 2.45) is 7.05 Å². The van der Waals surface area contributed by atoms with Crippen LogP contribution in [0, 0.1) is 13.8 Å². The van der Waals surface area contributed by atoms with Crippen LogP contribution in [0.2, 0.25) is 0 Å². The Hall–Kier alpha value is -2.47. The second kappa shape index (κ2) is 6.20. The smallest absolute Gasteiger partial charge is 0.262 e. The van der Waals surface area contributed by atoms with Crippen molar-refractivity contribution in [2.75, 3.05) is 7.05 Å². The number of nitrogens with zero attached hydrogens (tertiary/aromatic N) is 4. The Kier molecular flexibility index (Phi) is 4.24. The van der Waals surface area contributed by atoms with Crippen LogP contribution in [0.5, 0.6) is 0 Å². The summed E-state index contributed by atoms with van der Waals surface area (Å²) in [4.78, 5) is 21.8. The van der Waals surface area contributed by atoms with Gasteiger partial charge >= 0.3 is 0 Å². The topological polar surface area (TPSA) is 66.8 Å².